The van der Waals surface area contributed by atoms with Gasteiger partial charge in [0.25, 0.3) is 0 Å². The maximum atomic E-state index is 10.6. The Hall–Kier alpha value is 1.44. The zero-order valence-corrected chi connectivity index (χ0v) is 10.0. The third kappa shape index (κ3) is 7.55. The molecule has 6 heteroatoms. The SMILES string of the molecule is CC(C)OP(=O)(O)CCl.[Na+]. The molecule has 1 unspecified atom stereocenters. The molecular formula is C4H10ClNaO3P+. The Kier molecular flexibility index (Phi) is 8.41. The van der Waals surface area contributed by atoms with Crippen molar-refractivity contribution in [3.8, 4) is 0 Å². The third-order valence-corrected chi connectivity index (χ3v) is 2.49. The van der Waals surface area contributed by atoms with E-state index in [9.17, 15) is 4.57 Å². The van der Waals surface area contributed by atoms with Crippen LogP contribution >= 0.6 is 19.2 Å². The Morgan fingerprint density at radius 1 is 1.70 bits per heavy atom. The van der Waals surface area contributed by atoms with Crippen molar-refractivity contribution in [1.29, 1.82) is 0 Å². The van der Waals surface area contributed by atoms with Crippen LogP contribution in [0.4, 0.5) is 0 Å². The molecule has 0 bridgehead atoms. The number of halogens is 1. The van der Waals surface area contributed by atoms with Gasteiger partial charge in [0.2, 0.25) is 0 Å². The first kappa shape index (κ1) is 14.0. The average molecular weight is 196 g/mol. The van der Waals surface area contributed by atoms with E-state index in [-0.39, 0.29) is 41.3 Å². The van der Waals surface area contributed by atoms with Crippen molar-refractivity contribution < 1.29 is 43.5 Å². The van der Waals surface area contributed by atoms with Crippen LogP contribution in [0.3, 0.4) is 0 Å². The molecule has 10 heavy (non-hydrogen) atoms. The van der Waals surface area contributed by atoms with Crippen molar-refractivity contribution in [1.82, 2.24) is 0 Å². The van der Waals surface area contributed by atoms with Gasteiger partial charge in [0.1, 0.15) is 5.62 Å². The Bertz CT molecular complexity index is 130. The van der Waals surface area contributed by atoms with E-state index in [1.807, 2.05) is 0 Å². The van der Waals surface area contributed by atoms with Crippen molar-refractivity contribution >= 4 is 19.2 Å². The van der Waals surface area contributed by atoms with Gasteiger partial charge in [-0.15, -0.1) is 11.6 Å². The molecule has 0 saturated carbocycles. The predicted molar refractivity (Wildman–Crippen MR) is 36.8 cm³/mol. The third-order valence-electron chi connectivity index (χ3n) is 0.527. The topological polar surface area (TPSA) is 46.5 Å². The zero-order chi connectivity index (χ0) is 7.49. The summed E-state index contributed by atoms with van der Waals surface area (Å²) in [5, 5.41) is 0. The number of hydrogen-bond donors (Lipinski definition) is 1. The van der Waals surface area contributed by atoms with Gasteiger partial charge in [0.05, 0.1) is 6.10 Å². The van der Waals surface area contributed by atoms with Crippen LogP contribution in [0.25, 0.3) is 0 Å². The van der Waals surface area contributed by atoms with Gasteiger partial charge in [-0.3, -0.25) is 4.57 Å². The molecule has 1 atom stereocenters. The van der Waals surface area contributed by atoms with Crippen LogP contribution in [0.1, 0.15) is 13.8 Å². The molecule has 0 spiro atoms. The van der Waals surface area contributed by atoms with E-state index in [0.717, 1.165) is 0 Å². The van der Waals surface area contributed by atoms with Crippen LogP contribution in [0, 0.1) is 0 Å². The predicted octanol–water partition coefficient (Wildman–Crippen LogP) is -1.20. The minimum Gasteiger partial charge on any atom is -0.323 e. The summed E-state index contributed by atoms with van der Waals surface area (Å²) >= 11 is 5.10. The number of hydrogen-bond acceptors (Lipinski definition) is 2. The van der Waals surface area contributed by atoms with Gasteiger partial charge in [-0.2, -0.15) is 0 Å². The van der Waals surface area contributed by atoms with Gasteiger partial charge in [-0.25, -0.2) is 0 Å². The van der Waals surface area contributed by atoms with Gasteiger partial charge in [-0.05, 0) is 13.8 Å². The van der Waals surface area contributed by atoms with Gasteiger partial charge >= 0.3 is 37.2 Å². The summed E-state index contributed by atoms with van der Waals surface area (Å²) in [5.74, 6) is 0. The van der Waals surface area contributed by atoms with Crippen molar-refractivity contribution in [2.24, 2.45) is 0 Å². The average Bonchev–Trinajstić information content (AvgIpc) is 1.63. The molecule has 1 N–H and O–H groups in total. The van der Waals surface area contributed by atoms with Gasteiger partial charge in [0.15, 0.2) is 0 Å². The Morgan fingerprint density at radius 3 is 2.20 bits per heavy atom. The summed E-state index contributed by atoms with van der Waals surface area (Å²) in [7, 11) is -3.46. The smallest absolute Gasteiger partial charge is 0.323 e. The van der Waals surface area contributed by atoms with E-state index in [2.05, 4.69) is 4.52 Å². The van der Waals surface area contributed by atoms with Gasteiger partial charge in [-0.1, -0.05) is 0 Å². The van der Waals surface area contributed by atoms with E-state index in [1.165, 1.54) is 0 Å². The normalized spacial score (nSPS) is 16.1. The largest absolute Gasteiger partial charge is 1.00 e. The fourth-order valence-electron chi connectivity index (χ4n) is 0.358. The van der Waals surface area contributed by atoms with E-state index < -0.39 is 7.60 Å². The molecule has 0 heterocycles. The number of alkyl halides is 1. The fourth-order valence-corrected chi connectivity index (χ4v) is 1.24. The Morgan fingerprint density at radius 2 is 2.10 bits per heavy atom. The second-order valence-electron chi connectivity index (χ2n) is 1.91. The monoisotopic (exact) mass is 195 g/mol. The van der Waals surface area contributed by atoms with E-state index in [0.29, 0.717) is 0 Å². The van der Waals surface area contributed by atoms with Crippen molar-refractivity contribution in [3.63, 3.8) is 0 Å². The molecular weight excluding hydrogens is 185 g/mol. The first-order valence-corrected chi connectivity index (χ1v) is 4.84. The Balaban J connectivity index is 0. The maximum Gasteiger partial charge on any atom is 1.00 e. The molecule has 0 aromatic carbocycles. The van der Waals surface area contributed by atoms with Crippen LogP contribution in [0.2, 0.25) is 0 Å². The molecule has 0 aromatic heterocycles. The molecule has 0 aliphatic carbocycles. The van der Waals surface area contributed by atoms with E-state index in [1.54, 1.807) is 13.8 Å². The second kappa shape index (κ2) is 6.01. The molecule has 0 aliphatic rings. The zero-order valence-electron chi connectivity index (χ0n) is 6.37. The summed E-state index contributed by atoms with van der Waals surface area (Å²) in [4.78, 5) is 8.70. The standard InChI is InChI=1S/C4H10ClO3P.Na/c1-4(2)8-9(6,7)3-5;/h4H,3H2,1-2H3,(H,6,7);/q;+1. The first-order chi connectivity index (χ1) is 3.98. The number of rotatable bonds is 3. The molecule has 0 aliphatic heterocycles. The van der Waals surface area contributed by atoms with Crippen molar-refractivity contribution in [2.45, 2.75) is 20.0 Å². The summed E-state index contributed by atoms with van der Waals surface area (Å²) in [6, 6.07) is 0. The fraction of sp³-hybridized carbons (Fsp3) is 1.00. The molecule has 0 saturated heterocycles. The van der Waals surface area contributed by atoms with Crippen LogP contribution in [-0.2, 0) is 9.09 Å². The summed E-state index contributed by atoms with van der Waals surface area (Å²) in [5.41, 5.74) is -0.342. The van der Waals surface area contributed by atoms with Crippen LogP contribution in [-0.4, -0.2) is 16.6 Å². The quantitative estimate of drug-likeness (QED) is 0.350. The minimum absolute atomic E-state index is 0. The Labute approximate surface area is 87.9 Å². The molecule has 0 fully saturated rings. The van der Waals surface area contributed by atoms with Crippen LogP contribution in [0.15, 0.2) is 0 Å². The first-order valence-electron chi connectivity index (χ1n) is 2.54. The van der Waals surface area contributed by atoms with Crippen molar-refractivity contribution in [2.75, 3.05) is 5.62 Å². The molecule has 0 amide bonds. The molecule has 0 aromatic rings. The summed E-state index contributed by atoms with van der Waals surface area (Å²) in [6.45, 7) is 3.35. The molecule has 0 radical (unpaired) electrons. The minimum atomic E-state index is -3.46. The van der Waals surface area contributed by atoms with Gasteiger partial charge < -0.3 is 9.42 Å². The van der Waals surface area contributed by atoms with E-state index >= 15 is 0 Å². The van der Waals surface area contributed by atoms with Crippen LogP contribution < -0.4 is 29.6 Å². The second-order valence-corrected chi connectivity index (χ2v) is 4.35. The van der Waals surface area contributed by atoms with E-state index in [4.69, 9.17) is 16.5 Å². The van der Waals surface area contributed by atoms with Gasteiger partial charge in [0, 0.05) is 0 Å². The molecule has 3 nitrogen and oxygen atoms in total. The summed E-state index contributed by atoms with van der Waals surface area (Å²) < 4.78 is 15.2. The molecule has 0 rings (SSSR count). The molecule has 56 valence electrons. The van der Waals surface area contributed by atoms with Crippen molar-refractivity contribution in [3.05, 3.63) is 0 Å². The van der Waals surface area contributed by atoms with Crippen LogP contribution in [0.5, 0.6) is 0 Å². The summed E-state index contributed by atoms with van der Waals surface area (Å²) in [6.07, 6.45) is -0.250. The maximum absolute atomic E-state index is 10.6.